The molecule has 0 radical (unpaired) electrons. The molecule has 0 spiro atoms. The summed E-state index contributed by atoms with van der Waals surface area (Å²) in [6.45, 7) is 7.35. The van der Waals surface area contributed by atoms with Gasteiger partial charge >= 0.3 is 0 Å². The fourth-order valence-electron chi connectivity index (χ4n) is 1.60. The molecule has 4 nitrogen and oxygen atoms in total. The van der Waals surface area contributed by atoms with Crippen LogP contribution in [0.5, 0.6) is 11.5 Å². The van der Waals surface area contributed by atoms with Crippen LogP contribution in [0.4, 0.5) is 0 Å². The molecule has 0 aliphatic heterocycles. The Morgan fingerprint density at radius 3 is 2.83 bits per heavy atom. The van der Waals surface area contributed by atoms with Crippen molar-refractivity contribution < 1.29 is 19.9 Å². The van der Waals surface area contributed by atoms with Crippen LogP contribution >= 0.6 is 0 Å². The van der Waals surface area contributed by atoms with Gasteiger partial charge in [-0.3, -0.25) is 0 Å². The molecule has 0 bridgehead atoms. The summed E-state index contributed by atoms with van der Waals surface area (Å²) in [6, 6.07) is 5.85. The van der Waals surface area contributed by atoms with Crippen molar-refractivity contribution in [2.45, 2.75) is 19.6 Å². The Hall–Kier alpha value is -1.52. The molecule has 4 heteroatoms. The molecule has 0 aliphatic rings. The number of quaternary nitrogens is 1. The Kier molecular flexibility index (Phi) is 6.25. The van der Waals surface area contributed by atoms with E-state index in [1.807, 2.05) is 18.2 Å². The van der Waals surface area contributed by atoms with Crippen molar-refractivity contribution in [2.75, 3.05) is 20.3 Å². The molecule has 1 aromatic carbocycles. The van der Waals surface area contributed by atoms with Crippen molar-refractivity contribution >= 4 is 0 Å². The van der Waals surface area contributed by atoms with Crippen LogP contribution in [-0.4, -0.2) is 31.5 Å². The topological polar surface area (TPSA) is 55.3 Å². The van der Waals surface area contributed by atoms with Gasteiger partial charge in [0.2, 0.25) is 0 Å². The van der Waals surface area contributed by atoms with E-state index in [2.05, 4.69) is 11.9 Å². The summed E-state index contributed by atoms with van der Waals surface area (Å²) < 4.78 is 10.8. The lowest BCUT2D eigenvalue weighted by atomic mass is 10.2. The molecular weight excluding hydrogens is 230 g/mol. The van der Waals surface area contributed by atoms with Gasteiger partial charge in [0.1, 0.15) is 19.7 Å². The molecule has 0 heterocycles. The summed E-state index contributed by atoms with van der Waals surface area (Å²) >= 11 is 0. The summed E-state index contributed by atoms with van der Waals surface area (Å²) in [5.41, 5.74) is 1.14. The zero-order chi connectivity index (χ0) is 13.4. The van der Waals surface area contributed by atoms with Crippen LogP contribution in [0.25, 0.3) is 0 Å². The minimum absolute atomic E-state index is 0.290. The Bertz CT molecular complexity index is 377. The van der Waals surface area contributed by atoms with Crippen LogP contribution in [0, 0.1) is 0 Å². The molecule has 0 aromatic heterocycles. The van der Waals surface area contributed by atoms with Gasteiger partial charge in [-0.2, -0.15) is 0 Å². The SMILES string of the molecule is C=CCOc1ccc(C[NH2+]C[C@@H](C)O)cc1OC. The average molecular weight is 252 g/mol. The Balaban J connectivity index is 2.63. The maximum absolute atomic E-state index is 9.19. The molecule has 3 N–H and O–H groups in total. The highest BCUT2D eigenvalue weighted by atomic mass is 16.5. The highest BCUT2D eigenvalue weighted by Crippen LogP contribution is 2.27. The van der Waals surface area contributed by atoms with Crippen LogP contribution in [0.2, 0.25) is 0 Å². The van der Waals surface area contributed by atoms with Gasteiger partial charge in [0.25, 0.3) is 0 Å². The number of methoxy groups -OCH3 is 1. The van der Waals surface area contributed by atoms with Gasteiger partial charge in [-0.1, -0.05) is 12.7 Å². The van der Waals surface area contributed by atoms with Gasteiger partial charge in [0, 0.05) is 5.56 Å². The Morgan fingerprint density at radius 2 is 2.22 bits per heavy atom. The van der Waals surface area contributed by atoms with Gasteiger partial charge in [-0.15, -0.1) is 0 Å². The van der Waals surface area contributed by atoms with E-state index in [1.54, 1.807) is 20.1 Å². The molecule has 0 amide bonds. The second-order valence-electron chi connectivity index (χ2n) is 4.16. The number of nitrogens with two attached hydrogens (primary N) is 1. The van der Waals surface area contributed by atoms with E-state index >= 15 is 0 Å². The lowest BCUT2D eigenvalue weighted by Gasteiger charge is -2.11. The van der Waals surface area contributed by atoms with E-state index in [1.165, 1.54) is 0 Å². The number of ether oxygens (including phenoxy) is 2. The first-order valence-corrected chi connectivity index (χ1v) is 6.07. The van der Waals surface area contributed by atoms with Crippen LogP contribution in [0.1, 0.15) is 12.5 Å². The van der Waals surface area contributed by atoms with E-state index in [0.29, 0.717) is 13.2 Å². The number of aliphatic hydroxyl groups is 1. The molecule has 1 atom stereocenters. The van der Waals surface area contributed by atoms with E-state index in [0.717, 1.165) is 23.6 Å². The molecule has 0 unspecified atom stereocenters. The minimum atomic E-state index is -0.290. The predicted molar refractivity (Wildman–Crippen MR) is 70.9 cm³/mol. The van der Waals surface area contributed by atoms with Gasteiger partial charge in [0.15, 0.2) is 11.5 Å². The number of aliphatic hydroxyl groups excluding tert-OH is 1. The third kappa shape index (κ3) is 4.77. The fraction of sp³-hybridized carbons (Fsp3) is 0.429. The van der Waals surface area contributed by atoms with Crippen molar-refractivity contribution in [3.63, 3.8) is 0 Å². The summed E-state index contributed by atoms with van der Waals surface area (Å²) in [5.74, 6) is 1.44. The van der Waals surface area contributed by atoms with Crippen LogP contribution < -0.4 is 14.8 Å². The molecule has 18 heavy (non-hydrogen) atoms. The molecule has 100 valence electrons. The number of benzene rings is 1. The normalized spacial score (nSPS) is 11.9. The van der Waals surface area contributed by atoms with E-state index in [9.17, 15) is 5.11 Å². The van der Waals surface area contributed by atoms with Crippen molar-refractivity contribution in [3.05, 3.63) is 36.4 Å². The first-order valence-electron chi connectivity index (χ1n) is 6.07. The second-order valence-corrected chi connectivity index (χ2v) is 4.16. The van der Waals surface area contributed by atoms with E-state index in [4.69, 9.17) is 9.47 Å². The summed E-state index contributed by atoms with van der Waals surface area (Å²) in [5, 5.41) is 11.2. The molecule has 0 saturated carbocycles. The van der Waals surface area contributed by atoms with Crippen molar-refractivity contribution in [2.24, 2.45) is 0 Å². The lowest BCUT2D eigenvalue weighted by Crippen LogP contribution is -2.84. The summed E-state index contributed by atoms with van der Waals surface area (Å²) in [6.07, 6.45) is 1.41. The second kappa shape index (κ2) is 7.74. The van der Waals surface area contributed by atoms with Crippen LogP contribution in [0.15, 0.2) is 30.9 Å². The highest BCUT2D eigenvalue weighted by Gasteiger charge is 2.06. The van der Waals surface area contributed by atoms with Crippen molar-refractivity contribution in [1.29, 1.82) is 0 Å². The maximum Gasteiger partial charge on any atom is 0.161 e. The summed E-state index contributed by atoms with van der Waals surface area (Å²) in [4.78, 5) is 0. The Labute approximate surface area is 108 Å². The number of hydrogen-bond donors (Lipinski definition) is 2. The highest BCUT2D eigenvalue weighted by molar-refractivity contribution is 5.42. The molecule has 0 fully saturated rings. The van der Waals surface area contributed by atoms with E-state index < -0.39 is 0 Å². The van der Waals surface area contributed by atoms with Gasteiger partial charge in [0.05, 0.1) is 13.2 Å². The van der Waals surface area contributed by atoms with Crippen molar-refractivity contribution in [3.8, 4) is 11.5 Å². The molecule has 1 rings (SSSR count). The van der Waals surface area contributed by atoms with Gasteiger partial charge in [-0.25, -0.2) is 0 Å². The standard InChI is InChI=1S/C14H21NO3/c1-4-7-18-13-6-5-12(8-14(13)17-3)10-15-9-11(2)16/h4-6,8,11,15-16H,1,7,9-10H2,2-3H3/p+1/t11-/m1/s1. The smallest absolute Gasteiger partial charge is 0.161 e. The largest absolute Gasteiger partial charge is 0.493 e. The number of hydrogen-bond acceptors (Lipinski definition) is 3. The minimum Gasteiger partial charge on any atom is -0.493 e. The zero-order valence-corrected chi connectivity index (χ0v) is 11.1. The zero-order valence-electron chi connectivity index (χ0n) is 11.1. The lowest BCUT2D eigenvalue weighted by molar-refractivity contribution is -0.676. The fourth-order valence-corrected chi connectivity index (χ4v) is 1.60. The maximum atomic E-state index is 9.19. The van der Waals surface area contributed by atoms with Crippen molar-refractivity contribution in [1.82, 2.24) is 0 Å². The van der Waals surface area contributed by atoms with Crippen LogP contribution in [0.3, 0.4) is 0 Å². The van der Waals surface area contributed by atoms with Gasteiger partial charge in [-0.05, 0) is 25.1 Å². The third-order valence-electron chi connectivity index (χ3n) is 2.47. The Morgan fingerprint density at radius 1 is 1.44 bits per heavy atom. The molecular formula is C14H22NO3+. The molecule has 1 aromatic rings. The number of rotatable bonds is 8. The molecule has 0 saturated heterocycles. The monoisotopic (exact) mass is 252 g/mol. The van der Waals surface area contributed by atoms with Gasteiger partial charge < -0.3 is 19.9 Å². The summed E-state index contributed by atoms with van der Waals surface area (Å²) in [7, 11) is 1.62. The predicted octanol–water partition coefficient (Wildman–Crippen LogP) is 0.704. The third-order valence-corrected chi connectivity index (χ3v) is 2.47. The quantitative estimate of drug-likeness (QED) is 0.670. The first-order chi connectivity index (χ1) is 8.67. The average Bonchev–Trinajstić information content (AvgIpc) is 2.36. The van der Waals surface area contributed by atoms with Crippen LogP contribution in [-0.2, 0) is 6.54 Å². The first kappa shape index (κ1) is 14.5. The molecule has 0 aliphatic carbocycles. The van der Waals surface area contributed by atoms with E-state index in [-0.39, 0.29) is 6.10 Å².